The van der Waals surface area contributed by atoms with Crippen LogP contribution in [0.15, 0.2) is 0 Å². The molecule has 3 saturated carbocycles. The third-order valence-corrected chi connectivity index (χ3v) is 8.35. The third-order valence-electron chi connectivity index (χ3n) is 8.35. The van der Waals surface area contributed by atoms with E-state index in [1.807, 2.05) is 27.7 Å². The molecule has 4 N–H and O–H groups in total. The molecule has 0 spiro atoms. The molecule has 0 radical (unpaired) electrons. The summed E-state index contributed by atoms with van der Waals surface area (Å²) in [5.74, 6) is 0.802. The Balaban J connectivity index is 0.000000351. The fourth-order valence-electron chi connectivity index (χ4n) is 5.54. The van der Waals surface area contributed by atoms with E-state index in [4.69, 9.17) is 29.2 Å². The summed E-state index contributed by atoms with van der Waals surface area (Å²) in [7, 11) is 3.23. The number of ether oxygens (including phenoxy) is 4. The van der Waals surface area contributed by atoms with E-state index < -0.39 is 11.6 Å². The maximum absolute atomic E-state index is 9.31. The van der Waals surface area contributed by atoms with Crippen molar-refractivity contribution >= 4 is 0 Å². The summed E-state index contributed by atoms with van der Waals surface area (Å²) >= 11 is 0. The van der Waals surface area contributed by atoms with Crippen LogP contribution >= 0.6 is 0 Å². The van der Waals surface area contributed by atoms with Gasteiger partial charge in [-0.2, -0.15) is 0 Å². The lowest BCUT2D eigenvalue weighted by Crippen LogP contribution is -2.40. The summed E-state index contributed by atoms with van der Waals surface area (Å²) in [6, 6.07) is 0. The molecular weight excluding hydrogens is 488 g/mol. The molecule has 3 aliphatic rings. The van der Waals surface area contributed by atoms with Crippen LogP contribution < -0.4 is 0 Å². The summed E-state index contributed by atoms with van der Waals surface area (Å²) in [5.41, 5.74) is 0. The summed E-state index contributed by atoms with van der Waals surface area (Å²) in [6.45, 7) is 8.90. The standard InChI is InChI=1S/C17H32O4.C8H16O2.C5H12O2/c1-17(2,20-15-7-3-5-13(9-15)11-18)21-16-8-4-6-14(10-16)12-19;9-5-7-1-2-8(6-10)4-3-7;1-5(2,6-3)7-4/h13-16,18-19H,3-12H2,1-2H3;7-10H,1-6H2;1-4H3. The Kier molecular flexibility index (Phi) is 17.8. The Morgan fingerprint density at radius 2 is 0.842 bits per heavy atom. The predicted molar refractivity (Wildman–Crippen MR) is 150 cm³/mol. The van der Waals surface area contributed by atoms with Gasteiger partial charge in [0.2, 0.25) is 0 Å². The maximum Gasteiger partial charge on any atom is 0.163 e. The summed E-state index contributed by atoms with van der Waals surface area (Å²) in [4.78, 5) is 0. The molecule has 3 fully saturated rings. The van der Waals surface area contributed by atoms with Gasteiger partial charge in [-0.1, -0.05) is 12.8 Å². The highest BCUT2D eigenvalue weighted by molar-refractivity contribution is 4.78. The van der Waals surface area contributed by atoms with Gasteiger partial charge in [0.05, 0.1) is 12.2 Å². The topological polar surface area (TPSA) is 118 Å². The quantitative estimate of drug-likeness (QED) is 0.292. The number of aliphatic hydroxyl groups excluding tert-OH is 4. The molecule has 38 heavy (non-hydrogen) atoms. The van der Waals surface area contributed by atoms with Crippen LogP contribution in [0.1, 0.15) is 105 Å². The molecule has 0 bridgehead atoms. The second-order valence-electron chi connectivity index (χ2n) is 12.4. The number of hydrogen-bond acceptors (Lipinski definition) is 8. The van der Waals surface area contributed by atoms with Crippen molar-refractivity contribution in [2.45, 2.75) is 129 Å². The molecule has 3 aliphatic carbocycles. The van der Waals surface area contributed by atoms with E-state index in [-0.39, 0.29) is 25.4 Å². The average molecular weight is 549 g/mol. The minimum Gasteiger partial charge on any atom is -0.396 e. The van der Waals surface area contributed by atoms with Crippen LogP contribution in [-0.4, -0.2) is 84.9 Å². The molecule has 8 heteroatoms. The SMILES string of the molecule is CC(C)(OC1CCCC(CO)C1)OC1CCCC(CO)C1.COC(C)(C)OC.OCC1CCC(CO)CC1. The first kappa shape index (κ1) is 35.7. The lowest BCUT2D eigenvalue weighted by Gasteiger charge is -2.39. The highest BCUT2D eigenvalue weighted by Crippen LogP contribution is 2.33. The second-order valence-corrected chi connectivity index (χ2v) is 12.4. The average Bonchev–Trinajstić information content (AvgIpc) is 2.93. The minimum absolute atomic E-state index is 0.197. The molecule has 0 aromatic heterocycles. The number of rotatable bonds is 10. The normalized spacial score (nSPS) is 30.5. The van der Waals surface area contributed by atoms with E-state index in [1.165, 1.54) is 0 Å². The molecule has 8 nitrogen and oxygen atoms in total. The molecule has 228 valence electrons. The Bertz CT molecular complexity index is 531. The number of methoxy groups -OCH3 is 2. The molecule has 4 unspecified atom stereocenters. The first-order valence-corrected chi connectivity index (χ1v) is 14.9. The first-order valence-electron chi connectivity index (χ1n) is 14.9. The lowest BCUT2D eigenvalue weighted by molar-refractivity contribution is -0.269. The van der Waals surface area contributed by atoms with Crippen LogP contribution in [0.3, 0.4) is 0 Å². The Morgan fingerprint density at radius 3 is 1.11 bits per heavy atom. The van der Waals surface area contributed by atoms with Gasteiger partial charge in [-0.15, -0.1) is 0 Å². The van der Waals surface area contributed by atoms with Crippen LogP contribution in [0.4, 0.5) is 0 Å². The molecule has 3 rings (SSSR count). The van der Waals surface area contributed by atoms with Crippen LogP contribution in [0.2, 0.25) is 0 Å². The maximum atomic E-state index is 9.31. The summed E-state index contributed by atoms with van der Waals surface area (Å²) < 4.78 is 22.1. The van der Waals surface area contributed by atoms with Crippen molar-refractivity contribution in [1.82, 2.24) is 0 Å². The largest absolute Gasteiger partial charge is 0.396 e. The van der Waals surface area contributed by atoms with Crippen molar-refractivity contribution in [3.63, 3.8) is 0 Å². The molecule has 0 saturated heterocycles. The van der Waals surface area contributed by atoms with Crippen molar-refractivity contribution in [3.05, 3.63) is 0 Å². The monoisotopic (exact) mass is 548 g/mol. The molecule has 4 atom stereocenters. The van der Waals surface area contributed by atoms with Gasteiger partial charge >= 0.3 is 0 Å². The van der Waals surface area contributed by atoms with Crippen molar-refractivity contribution in [1.29, 1.82) is 0 Å². The molecule has 0 amide bonds. The number of aliphatic hydroxyl groups is 4. The van der Waals surface area contributed by atoms with Crippen LogP contribution in [0.25, 0.3) is 0 Å². The van der Waals surface area contributed by atoms with Crippen molar-refractivity contribution in [2.24, 2.45) is 23.7 Å². The summed E-state index contributed by atoms with van der Waals surface area (Å²) in [6.07, 6.45) is 13.3. The van der Waals surface area contributed by atoms with Crippen molar-refractivity contribution in [2.75, 3.05) is 40.6 Å². The first-order chi connectivity index (χ1) is 18.0. The molecule has 0 aliphatic heterocycles. The van der Waals surface area contributed by atoms with Gasteiger partial charge in [0.25, 0.3) is 0 Å². The van der Waals surface area contributed by atoms with Crippen molar-refractivity contribution < 1.29 is 39.4 Å². The van der Waals surface area contributed by atoms with Gasteiger partial charge in [-0.05, 0) is 116 Å². The molecule has 0 aromatic rings. The fraction of sp³-hybridized carbons (Fsp3) is 1.00. The van der Waals surface area contributed by atoms with E-state index in [1.54, 1.807) is 14.2 Å². The van der Waals surface area contributed by atoms with E-state index in [0.717, 1.165) is 77.0 Å². The highest BCUT2D eigenvalue weighted by Gasteiger charge is 2.33. The van der Waals surface area contributed by atoms with E-state index in [9.17, 15) is 10.2 Å². The zero-order chi connectivity index (χ0) is 28.6. The fourth-order valence-corrected chi connectivity index (χ4v) is 5.54. The Hall–Kier alpha value is -0.320. The van der Waals surface area contributed by atoms with Crippen LogP contribution in [0.5, 0.6) is 0 Å². The smallest absolute Gasteiger partial charge is 0.163 e. The number of hydrogen-bond donors (Lipinski definition) is 4. The molecule has 0 aromatic carbocycles. The van der Waals surface area contributed by atoms with Gasteiger partial charge < -0.3 is 39.4 Å². The minimum atomic E-state index is -0.579. The Morgan fingerprint density at radius 1 is 0.500 bits per heavy atom. The second kappa shape index (κ2) is 18.9. The zero-order valence-electron chi connectivity index (χ0n) is 25.2. The van der Waals surface area contributed by atoms with Gasteiger partial charge in [-0.25, -0.2) is 0 Å². The van der Waals surface area contributed by atoms with Gasteiger partial charge in [0.1, 0.15) is 0 Å². The van der Waals surface area contributed by atoms with Gasteiger partial charge in [0, 0.05) is 40.6 Å². The van der Waals surface area contributed by atoms with E-state index >= 15 is 0 Å². The van der Waals surface area contributed by atoms with Gasteiger partial charge in [0.15, 0.2) is 11.6 Å². The predicted octanol–water partition coefficient (Wildman–Crippen LogP) is 4.65. The third kappa shape index (κ3) is 14.9. The van der Waals surface area contributed by atoms with Gasteiger partial charge in [-0.3, -0.25) is 0 Å². The molecule has 0 heterocycles. The van der Waals surface area contributed by atoms with E-state index in [0.29, 0.717) is 36.9 Å². The summed E-state index contributed by atoms with van der Waals surface area (Å²) in [5, 5.41) is 36.2. The zero-order valence-corrected chi connectivity index (χ0v) is 25.2. The molecular formula is C30H60O8. The lowest BCUT2D eigenvalue weighted by atomic mass is 9.83. The Labute approximate surface area is 232 Å². The van der Waals surface area contributed by atoms with Crippen LogP contribution in [-0.2, 0) is 18.9 Å². The van der Waals surface area contributed by atoms with Crippen molar-refractivity contribution in [3.8, 4) is 0 Å². The van der Waals surface area contributed by atoms with E-state index in [2.05, 4.69) is 0 Å². The highest BCUT2D eigenvalue weighted by atomic mass is 16.7. The van der Waals surface area contributed by atoms with Crippen LogP contribution in [0, 0.1) is 23.7 Å².